The molecule has 2 aliphatic rings. The maximum absolute atomic E-state index is 13.5. The minimum absolute atomic E-state index is 0.189. The molecule has 1 amide bonds. The van der Waals surface area contributed by atoms with E-state index in [0.29, 0.717) is 25.1 Å². The second kappa shape index (κ2) is 6.45. The molecule has 0 bridgehead atoms. The van der Waals surface area contributed by atoms with Crippen molar-refractivity contribution >= 4 is 15.9 Å². The molecule has 4 heterocycles. The highest BCUT2D eigenvalue weighted by Crippen LogP contribution is 2.34. The number of amides is 1. The molecule has 0 N–H and O–H groups in total. The van der Waals surface area contributed by atoms with Crippen LogP contribution in [0.2, 0.25) is 0 Å². The van der Waals surface area contributed by atoms with Crippen LogP contribution in [0.1, 0.15) is 35.0 Å². The highest BCUT2D eigenvalue weighted by Gasteiger charge is 2.42. The van der Waals surface area contributed by atoms with E-state index in [2.05, 4.69) is 10.2 Å². The summed E-state index contributed by atoms with van der Waals surface area (Å²) in [5, 5.41) is 8.56. The molecule has 0 fully saturated rings. The Labute approximate surface area is 158 Å². The number of rotatable bonds is 2. The number of hydrogen-bond donors (Lipinski definition) is 0. The Hall–Kier alpha value is -2.20. The third kappa shape index (κ3) is 3.06. The third-order valence-electron chi connectivity index (χ3n) is 5.57. The van der Waals surface area contributed by atoms with Crippen molar-refractivity contribution in [1.82, 2.24) is 28.8 Å². The van der Waals surface area contributed by atoms with Gasteiger partial charge in [0.05, 0.1) is 18.6 Å². The zero-order valence-corrected chi connectivity index (χ0v) is 16.6. The van der Waals surface area contributed by atoms with Gasteiger partial charge >= 0.3 is 0 Å². The van der Waals surface area contributed by atoms with Crippen LogP contribution in [0, 0.1) is 0 Å². The molecule has 2 aliphatic heterocycles. The van der Waals surface area contributed by atoms with Gasteiger partial charge in [0.15, 0.2) is 0 Å². The van der Waals surface area contributed by atoms with Crippen LogP contribution in [-0.4, -0.2) is 62.4 Å². The Morgan fingerprint density at radius 1 is 1.07 bits per heavy atom. The lowest BCUT2D eigenvalue weighted by atomic mass is 10.00. The second-order valence-corrected chi connectivity index (χ2v) is 9.23. The first kappa shape index (κ1) is 18.2. The normalized spacial score (nSPS) is 20.9. The largest absolute Gasteiger partial charge is 0.337 e. The smallest absolute Gasteiger partial charge is 0.246 e. The number of fused-ring (bicyclic) bond motifs is 2. The zero-order chi connectivity index (χ0) is 19.3. The Balaban J connectivity index is 1.71. The number of carbonyl (C=O) groups excluding carboxylic acids is 1. The van der Waals surface area contributed by atoms with E-state index in [4.69, 9.17) is 0 Å². The molecule has 0 saturated heterocycles. The van der Waals surface area contributed by atoms with Gasteiger partial charge in [-0.25, -0.2) is 8.42 Å². The van der Waals surface area contributed by atoms with Crippen molar-refractivity contribution in [2.75, 3.05) is 19.3 Å². The standard InChI is InChI=1S/C17H24N6O3S/c1-20-14-5-4-7-22(11-12(14)9-18-20)17(24)16-13-10-19-21(2)15(13)6-8-23(16)27(3,25)26/h9-10,16H,4-8,11H2,1-3H3. The van der Waals surface area contributed by atoms with Gasteiger partial charge in [0, 0.05) is 62.7 Å². The lowest BCUT2D eigenvalue weighted by Gasteiger charge is -2.35. The highest BCUT2D eigenvalue weighted by molar-refractivity contribution is 7.88. The van der Waals surface area contributed by atoms with Crippen LogP contribution in [0.5, 0.6) is 0 Å². The molecule has 0 spiro atoms. The molecule has 0 radical (unpaired) electrons. The number of sulfonamides is 1. The Morgan fingerprint density at radius 3 is 2.52 bits per heavy atom. The van der Waals surface area contributed by atoms with E-state index in [0.717, 1.165) is 36.0 Å². The molecule has 9 nitrogen and oxygen atoms in total. The van der Waals surface area contributed by atoms with Crippen molar-refractivity contribution in [1.29, 1.82) is 0 Å². The summed E-state index contributed by atoms with van der Waals surface area (Å²) < 4.78 is 29.7. The molecule has 0 aliphatic carbocycles. The lowest BCUT2D eigenvalue weighted by molar-refractivity contribution is -0.136. The monoisotopic (exact) mass is 392 g/mol. The van der Waals surface area contributed by atoms with E-state index in [-0.39, 0.29) is 12.5 Å². The molecular weight excluding hydrogens is 368 g/mol. The van der Waals surface area contributed by atoms with Gasteiger partial charge in [0.2, 0.25) is 15.9 Å². The van der Waals surface area contributed by atoms with Crippen molar-refractivity contribution in [3.05, 3.63) is 34.9 Å². The van der Waals surface area contributed by atoms with E-state index in [9.17, 15) is 13.2 Å². The van der Waals surface area contributed by atoms with E-state index in [1.54, 1.807) is 22.0 Å². The highest BCUT2D eigenvalue weighted by atomic mass is 32.2. The summed E-state index contributed by atoms with van der Waals surface area (Å²) in [6.07, 6.45) is 6.82. The fourth-order valence-corrected chi connectivity index (χ4v) is 5.18. The van der Waals surface area contributed by atoms with E-state index >= 15 is 0 Å². The molecule has 10 heteroatoms. The Bertz CT molecular complexity index is 992. The summed E-state index contributed by atoms with van der Waals surface area (Å²) in [5.74, 6) is -0.189. The zero-order valence-electron chi connectivity index (χ0n) is 15.8. The Morgan fingerprint density at radius 2 is 1.78 bits per heavy atom. The molecule has 146 valence electrons. The van der Waals surface area contributed by atoms with Crippen molar-refractivity contribution in [2.45, 2.75) is 31.8 Å². The molecule has 1 unspecified atom stereocenters. The lowest BCUT2D eigenvalue weighted by Crippen LogP contribution is -2.48. The summed E-state index contributed by atoms with van der Waals surface area (Å²) in [7, 11) is 0.206. The molecule has 0 aromatic carbocycles. The average Bonchev–Trinajstić information content (AvgIpc) is 3.07. The first-order chi connectivity index (χ1) is 12.8. The predicted octanol–water partition coefficient (Wildman–Crippen LogP) is -0.0126. The van der Waals surface area contributed by atoms with E-state index in [1.165, 1.54) is 4.31 Å². The number of nitrogens with zero attached hydrogens (tertiary/aromatic N) is 6. The van der Waals surface area contributed by atoms with Crippen molar-refractivity contribution in [2.24, 2.45) is 14.1 Å². The first-order valence-electron chi connectivity index (χ1n) is 9.03. The SMILES string of the molecule is Cn1ncc2c1CCCN(C(=O)C1c3cnn(C)c3CCN1S(C)(=O)=O)C2. The van der Waals surface area contributed by atoms with Crippen LogP contribution in [0.3, 0.4) is 0 Å². The van der Waals surface area contributed by atoms with Gasteiger partial charge in [-0.1, -0.05) is 0 Å². The van der Waals surface area contributed by atoms with Crippen LogP contribution in [0.25, 0.3) is 0 Å². The van der Waals surface area contributed by atoms with Crippen molar-refractivity contribution < 1.29 is 13.2 Å². The molecule has 2 aromatic rings. The number of hydrogen-bond acceptors (Lipinski definition) is 5. The number of carbonyl (C=O) groups is 1. The van der Waals surface area contributed by atoms with Crippen LogP contribution in [-0.2, 0) is 48.3 Å². The van der Waals surface area contributed by atoms with Gasteiger partial charge in [-0.3, -0.25) is 14.2 Å². The summed E-state index contributed by atoms with van der Waals surface area (Å²) in [4.78, 5) is 15.3. The molecule has 0 saturated carbocycles. The van der Waals surface area contributed by atoms with Crippen LogP contribution in [0.4, 0.5) is 0 Å². The van der Waals surface area contributed by atoms with Crippen LogP contribution in [0.15, 0.2) is 12.4 Å². The molecule has 4 rings (SSSR count). The van der Waals surface area contributed by atoms with Gasteiger partial charge in [0.25, 0.3) is 0 Å². The average molecular weight is 392 g/mol. The van der Waals surface area contributed by atoms with Crippen molar-refractivity contribution in [3.63, 3.8) is 0 Å². The number of aryl methyl sites for hydroxylation is 2. The van der Waals surface area contributed by atoms with Gasteiger partial charge in [0.1, 0.15) is 6.04 Å². The van der Waals surface area contributed by atoms with Crippen LogP contribution < -0.4 is 0 Å². The summed E-state index contributed by atoms with van der Waals surface area (Å²) in [6, 6.07) is -0.851. The number of aromatic nitrogens is 4. The maximum Gasteiger partial charge on any atom is 0.246 e. The summed E-state index contributed by atoms with van der Waals surface area (Å²) >= 11 is 0. The van der Waals surface area contributed by atoms with Gasteiger partial charge in [-0.2, -0.15) is 14.5 Å². The van der Waals surface area contributed by atoms with Crippen molar-refractivity contribution in [3.8, 4) is 0 Å². The molecule has 1 atom stereocenters. The quantitative estimate of drug-likeness (QED) is 0.717. The minimum Gasteiger partial charge on any atom is -0.337 e. The second-order valence-electron chi connectivity index (χ2n) is 7.30. The third-order valence-corrected chi connectivity index (χ3v) is 6.81. The topological polar surface area (TPSA) is 93.3 Å². The molecular formula is C17H24N6O3S. The van der Waals surface area contributed by atoms with Gasteiger partial charge < -0.3 is 4.90 Å². The molecule has 27 heavy (non-hydrogen) atoms. The maximum atomic E-state index is 13.5. The van der Waals surface area contributed by atoms with Gasteiger partial charge in [-0.15, -0.1) is 0 Å². The first-order valence-corrected chi connectivity index (χ1v) is 10.9. The van der Waals surface area contributed by atoms with E-state index in [1.807, 2.05) is 18.8 Å². The molecule has 2 aromatic heterocycles. The van der Waals surface area contributed by atoms with Gasteiger partial charge in [-0.05, 0) is 12.8 Å². The van der Waals surface area contributed by atoms with Crippen LogP contribution >= 0.6 is 0 Å². The summed E-state index contributed by atoms with van der Waals surface area (Å²) in [6.45, 7) is 1.33. The van der Waals surface area contributed by atoms with E-state index < -0.39 is 16.1 Å². The summed E-state index contributed by atoms with van der Waals surface area (Å²) in [5.41, 5.74) is 3.77. The predicted molar refractivity (Wildman–Crippen MR) is 98.1 cm³/mol. The fourth-order valence-electron chi connectivity index (χ4n) is 4.17. The Kier molecular flexibility index (Phi) is 4.34. The minimum atomic E-state index is -3.53. The fraction of sp³-hybridized carbons (Fsp3) is 0.588.